The molecule has 0 aliphatic rings. The van der Waals surface area contributed by atoms with Crippen LogP contribution in [0.25, 0.3) is 17.1 Å². The summed E-state index contributed by atoms with van der Waals surface area (Å²) in [6.07, 6.45) is 0. The molecule has 0 aliphatic carbocycles. The van der Waals surface area contributed by atoms with E-state index in [1.807, 2.05) is 47.8 Å². The van der Waals surface area contributed by atoms with Crippen molar-refractivity contribution in [1.29, 1.82) is 0 Å². The van der Waals surface area contributed by atoms with Gasteiger partial charge in [-0.3, -0.25) is 14.2 Å². The van der Waals surface area contributed by atoms with Crippen LogP contribution >= 0.6 is 23.1 Å². The molecule has 0 N–H and O–H groups in total. The van der Waals surface area contributed by atoms with Crippen molar-refractivity contribution in [2.24, 2.45) is 0 Å². The minimum atomic E-state index is -0.534. The Bertz CT molecular complexity index is 1250. The molecule has 4 rings (SSSR count). The molecule has 4 aromatic rings. The standard InChI is InChI=1S/C24H21FN4O3S2/c1-28(14-20-8-5-13-33-20)21(30)15-32-22(31)16-34-24-27-26-23(17-9-11-18(25)12-10-17)29(24)19-6-3-2-4-7-19/h2-13H,14-16H2,1H3. The first-order valence-corrected chi connectivity index (χ1v) is 12.2. The van der Waals surface area contributed by atoms with Crippen molar-refractivity contribution in [3.63, 3.8) is 0 Å². The smallest absolute Gasteiger partial charge is 0.316 e. The van der Waals surface area contributed by atoms with Gasteiger partial charge < -0.3 is 9.64 Å². The molecule has 0 atom stereocenters. The van der Waals surface area contributed by atoms with Gasteiger partial charge in [-0.05, 0) is 47.8 Å². The molecule has 7 nitrogen and oxygen atoms in total. The van der Waals surface area contributed by atoms with Crippen molar-refractivity contribution in [2.45, 2.75) is 11.7 Å². The summed E-state index contributed by atoms with van der Waals surface area (Å²) in [4.78, 5) is 27.1. The van der Waals surface area contributed by atoms with E-state index in [0.29, 0.717) is 23.1 Å². The van der Waals surface area contributed by atoms with Gasteiger partial charge in [-0.15, -0.1) is 21.5 Å². The van der Waals surface area contributed by atoms with Crippen LogP contribution in [0.5, 0.6) is 0 Å². The zero-order valence-electron chi connectivity index (χ0n) is 18.3. The summed E-state index contributed by atoms with van der Waals surface area (Å²) in [6, 6.07) is 19.3. The Labute approximate surface area is 204 Å². The molecule has 1 amide bonds. The molecule has 0 radical (unpaired) electrons. The molecule has 10 heteroatoms. The van der Waals surface area contributed by atoms with Gasteiger partial charge in [0.15, 0.2) is 17.6 Å². The predicted molar refractivity (Wildman–Crippen MR) is 129 cm³/mol. The van der Waals surface area contributed by atoms with Crippen LogP contribution in [0.2, 0.25) is 0 Å². The van der Waals surface area contributed by atoms with Gasteiger partial charge in [-0.2, -0.15) is 0 Å². The number of benzene rings is 2. The highest BCUT2D eigenvalue weighted by atomic mass is 32.2. The summed E-state index contributed by atoms with van der Waals surface area (Å²) in [5.74, 6) is -0.683. The van der Waals surface area contributed by atoms with Crippen molar-refractivity contribution in [3.8, 4) is 17.1 Å². The van der Waals surface area contributed by atoms with Gasteiger partial charge in [0.25, 0.3) is 5.91 Å². The number of carbonyl (C=O) groups is 2. The maximum Gasteiger partial charge on any atom is 0.316 e. The normalized spacial score (nSPS) is 10.8. The maximum absolute atomic E-state index is 13.4. The van der Waals surface area contributed by atoms with Crippen LogP contribution in [-0.4, -0.2) is 50.9 Å². The van der Waals surface area contributed by atoms with Gasteiger partial charge in [-0.1, -0.05) is 36.0 Å². The third-order valence-electron chi connectivity index (χ3n) is 4.82. The van der Waals surface area contributed by atoms with Gasteiger partial charge in [-0.25, -0.2) is 4.39 Å². The number of carbonyl (C=O) groups excluding carboxylic acids is 2. The first kappa shape index (κ1) is 23.7. The number of para-hydroxylation sites is 1. The minimum absolute atomic E-state index is 0.0453. The minimum Gasteiger partial charge on any atom is -0.455 e. The highest BCUT2D eigenvalue weighted by molar-refractivity contribution is 7.99. The lowest BCUT2D eigenvalue weighted by Gasteiger charge is -2.16. The van der Waals surface area contributed by atoms with E-state index in [0.717, 1.165) is 22.3 Å². The first-order valence-electron chi connectivity index (χ1n) is 10.3. The molecular formula is C24H21FN4O3S2. The predicted octanol–water partition coefficient (Wildman–Crippen LogP) is 4.43. The number of nitrogens with zero attached hydrogens (tertiary/aromatic N) is 4. The molecule has 2 aromatic heterocycles. The van der Waals surface area contributed by atoms with Crippen LogP contribution in [-0.2, 0) is 20.9 Å². The van der Waals surface area contributed by atoms with Crippen LogP contribution < -0.4 is 0 Å². The molecule has 2 aromatic carbocycles. The largest absolute Gasteiger partial charge is 0.455 e. The molecule has 0 spiro atoms. The molecule has 0 unspecified atom stereocenters. The quantitative estimate of drug-likeness (QED) is 0.252. The topological polar surface area (TPSA) is 77.3 Å². The van der Waals surface area contributed by atoms with Gasteiger partial charge in [0.2, 0.25) is 0 Å². The van der Waals surface area contributed by atoms with Crippen LogP contribution in [0.3, 0.4) is 0 Å². The molecule has 34 heavy (non-hydrogen) atoms. The van der Waals surface area contributed by atoms with E-state index in [9.17, 15) is 14.0 Å². The summed E-state index contributed by atoms with van der Waals surface area (Å²) in [5.41, 5.74) is 1.49. The Morgan fingerprint density at radius 1 is 1.06 bits per heavy atom. The number of hydrogen-bond donors (Lipinski definition) is 0. The zero-order chi connectivity index (χ0) is 23.9. The SMILES string of the molecule is CN(Cc1cccs1)C(=O)COC(=O)CSc1nnc(-c2ccc(F)cc2)n1-c1ccccc1. The summed E-state index contributed by atoms with van der Waals surface area (Å²) < 4.78 is 20.4. The van der Waals surface area contributed by atoms with E-state index in [1.54, 1.807) is 35.1 Å². The van der Waals surface area contributed by atoms with Crippen LogP contribution in [0, 0.1) is 5.82 Å². The monoisotopic (exact) mass is 496 g/mol. The van der Waals surface area contributed by atoms with Gasteiger partial charge in [0.1, 0.15) is 5.82 Å². The number of aromatic nitrogens is 3. The lowest BCUT2D eigenvalue weighted by molar-refractivity contribution is -0.149. The summed E-state index contributed by atoms with van der Waals surface area (Å²) in [7, 11) is 1.67. The second kappa shape index (κ2) is 11.1. The molecule has 0 bridgehead atoms. The summed E-state index contributed by atoms with van der Waals surface area (Å²) in [5, 5.41) is 10.9. The van der Waals surface area contributed by atoms with E-state index < -0.39 is 5.97 Å². The van der Waals surface area contributed by atoms with Crippen LogP contribution in [0.4, 0.5) is 4.39 Å². The number of hydrogen-bond acceptors (Lipinski definition) is 7. The highest BCUT2D eigenvalue weighted by Gasteiger charge is 2.19. The number of thioether (sulfide) groups is 1. The van der Waals surface area contributed by atoms with Gasteiger partial charge in [0, 0.05) is 23.2 Å². The lowest BCUT2D eigenvalue weighted by atomic mass is 10.2. The first-order chi connectivity index (χ1) is 16.5. The van der Waals surface area contributed by atoms with Crippen LogP contribution in [0.1, 0.15) is 4.88 Å². The number of likely N-dealkylation sites (N-methyl/N-ethyl adjacent to an activating group) is 1. The van der Waals surface area contributed by atoms with E-state index in [2.05, 4.69) is 10.2 Å². The Morgan fingerprint density at radius 2 is 1.82 bits per heavy atom. The number of thiophene rings is 1. The number of esters is 1. The third-order valence-corrected chi connectivity index (χ3v) is 6.59. The average Bonchev–Trinajstić information content (AvgIpc) is 3.52. The maximum atomic E-state index is 13.4. The molecule has 174 valence electrons. The Balaban J connectivity index is 1.41. The second-order valence-corrected chi connectivity index (χ2v) is 9.24. The number of amides is 1. The van der Waals surface area contributed by atoms with E-state index in [-0.39, 0.29) is 24.1 Å². The van der Waals surface area contributed by atoms with Crippen LogP contribution in [0.15, 0.2) is 77.3 Å². The van der Waals surface area contributed by atoms with E-state index in [4.69, 9.17) is 4.74 Å². The fourth-order valence-electron chi connectivity index (χ4n) is 3.10. The van der Waals surface area contributed by atoms with E-state index in [1.165, 1.54) is 17.0 Å². The summed E-state index contributed by atoms with van der Waals surface area (Å²) in [6.45, 7) is 0.141. The molecule has 2 heterocycles. The second-order valence-electron chi connectivity index (χ2n) is 7.26. The van der Waals surface area contributed by atoms with Gasteiger partial charge >= 0.3 is 5.97 Å². The fourth-order valence-corrected chi connectivity index (χ4v) is 4.61. The number of ether oxygens (including phenoxy) is 1. The van der Waals surface area contributed by atoms with Crippen molar-refractivity contribution in [1.82, 2.24) is 19.7 Å². The molecule has 0 fully saturated rings. The number of rotatable bonds is 9. The average molecular weight is 497 g/mol. The van der Waals surface area contributed by atoms with Crippen molar-refractivity contribution >= 4 is 35.0 Å². The van der Waals surface area contributed by atoms with Crippen molar-refractivity contribution in [2.75, 3.05) is 19.4 Å². The fraction of sp³-hybridized carbons (Fsp3) is 0.167. The molecular weight excluding hydrogens is 475 g/mol. The molecule has 0 aliphatic heterocycles. The van der Waals surface area contributed by atoms with E-state index >= 15 is 0 Å². The zero-order valence-corrected chi connectivity index (χ0v) is 19.9. The van der Waals surface area contributed by atoms with Crippen molar-refractivity contribution in [3.05, 3.63) is 82.8 Å². The van der Waals surface area contributed by atoms with Crippen molar-refractivity contribution < 1.29 is 18.7 Å². The Kier molecular flexibility index (Phi) is 7.71. The Morgan fingerprint density at radius 3 is 2.53 bits per heavy atom. The van der Waals surface area contributed by atoms with Gasteiger partial charge in [0.05, 0.1) is 12.3 Å². The molecule has 0 saturated heterocycles. The highest BCUT2D eigenvalue weighted by Crippen LogP contribution is 2.28. The lowest BCUT2D eigenvalue weighted by Crippen LogP contribution is -2.30. The summed E-state index contributed by atoms with van der Waals surface area (Å²) >= 11 is 2.71. The number of halogens is 1. The molecule has 0 saturated carbocycles. The third kappa shape index (κ3) is 5.89. The Hall–Kier alpha value is -3.50.